The molecule has 6 nitrogen and oxygen atoms in total. The van der Waals surface area contributed by atoms with E-state index in [2.05, 4.69) is 35.8 Å². The Morgan fingerprint density at radius 1 is 1.59 bits per heavy atom. The number of hydrogen-bond donors (Lipinski definition) is 1. The SMILES string of the molecule is C=CC(=O)N[C@H]1CC[C@H](O/C(=N/C)c2ccnn2C(C)C)C1. The van der Waals surface area contributed by atoms with Crippen molar-refractivity contribution < 1.29 is 9.53 Å². The summed E-state index contributed by atoms with van der Waals surface area (Å²) in [5.74, 6) is 0.472. The average molecular weight is 304 g/mol. The molecule has 1 N–H and O–H groups in total. The highest BCUT2D eigenvalue weighted by atomic mass is 16.5. The molecule has 1 amide bonds. The van der Waals surface area contributed by atoms with Gasteiger partial charge in [-0.25, -0.2) is 0 Å². The summed E-state index contributed by atoms with van der Waals surface area (Å²) in [5, 5.41) is 7.23. The number of carbonyl (C=O) groups is 1. The third kappa shape index (κ3) is 3.75. The molecular weight excluding hydrogens is 280 g/mol. The number of hydrogen-bond acceptors (Lipinski definition) is 4. The van der Waals surface area contributed by atoms with Gasteiger partial charge in [-0.1, -0.05) is 6.58 Å². The van der Waals surface area contributed by atoms with Crippen molar-refractivity contribution in [3.63, 3.8) is 0 Å². The number of carbonyl (C=O) groups excluding carboxylic acids is 1. The van der Waals surface area contributed by atoms with E-state index in [1.807, 2.05) is 10.7 Å². The van der Waals surface area contributed by atoms with E-state index in [4.69, 9.17) is 4.74 Å². The second-order valence-corrected chi connectivity index (χ2v) is 5.75. The van der Waals surface area contributed by atoms with Crippen molar-refractivity contribution in [3.8, 4) is 0 Å². The molecule has 1 heterocycles. The first-order valence-corrected chi connectivity index (χ1v) is 7.65. The van der Waals surface area contributed by atoms with Crippen LogP contribution in [0.2, 0.25) is 0 Å². The first-order valence-electron chi connectivity index (χ1n) is 7.65. The molecule has 1 aliphatic carbocycles. The van der Waals surface area contributed by atoms with Crippen molar-refractivity contribution in [2.45, 2.75) is 51.3 Å². The maximum absolute atomic E-state index is 11.4. The van der Waals surface area contributed by atoms with E-state index < -0.39 is 0 Å². The largest absolute Gasteiger partial charge is 0.473 e. The molecule has 0 radical (unpaired) electrons. The van der Waals surface area contributed by atoms with Gasteiger partial charge in [-0.05, 0) is 38.8 Å². The Morgan fingerprint density at radius 3 is 3.00 bits per heavy atom. The second kappa shape index (κ2) is 7.24. The highest BCUT2D eigenvalue weighted by Gasteiger charge is 2.28. The zero-order valence-electron chi connectivity index (χ0n) is 13.5. The fourth-order valence-electron chi connectivity index (χ4n) is 2.72. The lowest BCUT2D eigenvalue weighted by Gasteiger charge is -2.18. The first-order chi connectivity index (χ1) is 10.5. The second-order valence-electron chi connectivity index (χ2n) is 5.75. The summed E-state index contributed by atoms with van der Waals surface area (Å²) in [6.07, 6.45) is 5.71. The number of aliphatic imine (C=N–C) groups is 1. The summed E-state index contributed by atoms with van der Waals surface area (Å²) in [5.41, 5.74) is 0.885. The number of rotatable bonds is 5. The minimum Gasteiger partial charge on any atom is -0.473 e. The van der Waals surface area contributed by atoms with Crippen molar-refractivity contribution in [1.29, 1.82) is 0 Å². The molecule has 0 bridgehead atoms. The molecule has 1 aromatic heterocycles. The van der Waals surface area contributed by atoms with Crippen molar-refractivity contribution >= 4 is 11.8 Å². The summed E-state index contributed by atoms with van der Waals surface area (Å²) in [6.45, 7) is 7.61. The van der Waals surface area contributed by atoms with E-state index in [0.717, 1.165) is 25.0 Å². The molecule has 1 aliphatic rings. The highest BCUT2D eigenvalue weighted by Crippen LogP contribution is 2.24. The van der Waals surface area contributed by atoms with Crippen LogP contribution in [-0.2, 0) is 9.53 Å². The standard InChI is InChI=1S/C16H24N4O2/c1-5-15(21)19-12-6-7-13(10-12)22-16(17-4)14-8-9-18-20(14)11(2)3/h5,8-9,11-13H,1,6-7,10H2,2-4H3,(H,19,21)/b17-16+/t12-,13-/m0/s1. The fraction of sp³-hybridized carbons (Fsp3) is 0.562. The van der Waals surface area contributed by atoms with Crippen LogP contribution in [0.5, 0.6) is 0 Å². The zero-order valence-corrected chi connectivity index (χ0v) is 13.5. The lowest BCUT2D eigenvalue weighted by atomic mass is 10.2. The van der Waals surface area contributed by atoms with Gasteiger partial charge < -0.3 is 10.1 Å². The third-order valence-corrected chi connectivity index (χ3v) is 3.78. The lowest BCUT2D eigenvalue weighted by molar-refractivity contribution is -0.117. The number of ether oxygens (including phenoxy) is 1. The molecule has 0 unspecified atom stereocenters. The van der Waals surface area contributed by atoms with Crippen molar-refractivity contribution in [1.82, 2.24) is 15.1 Å². The van der Waals surface area contributed by atoms with Crippen LogP contribution >= 0.6 is 0 Å². The Kier molecular flexibility index (Phi) is 5.35. The predicted octanol–water partition coefficient (Wildman–Crippen LogP) is 2.08. The van der Waals surface area contributed by atoms with Crippen molar-refractivity contribution in [3.05, 3.63) is 30.6 Å². The molecule has 0 spiro atoms. The van der Waals surface area contributed by atoms with Crippen LogP contribution in [0.15, 0.2) is 29.9 Å². The van der Waals surface area contributed by atoms with Crippen LogP contribution in [0.3, 0.4) is 0 Å². The van der Waals surface area contributed by atoms with Crippen LogP contribution in [-0.4, -0.2) is 40.8 Å². The molecule has 0 aromatic carbocycles. The van der Waals surface area contributed by atoms with Crippen LogP contribution in [0, 0.1) is 0 Å². The Balaban J connectivity index is 1.99. The molecule has 2 atom stereocenters. The molecular formula is C16H24N4O2. The number of nitrogens with zero attached hydrogens (tertiary/aromatic N) is 3. The minimum atomic E-state index is -0.132. The first kappa shape index (κ1) is 16.3. The van der Waals surface area contributed by atoms with E-state index in [0.29, 0.717) is 5.90 Å². The number of aromatic nitrogens is 2. The van der Waals surface area contributed by atoms with Crippen LogP contribution < -0.4 is 5.32 Å². The van der Waals surface area contributed by atoms with Gasteiger partial charge in [0.25, 0.3) is 0 Å². The molecule has 1 aromatic rings. The van der Waals surface area contributed by atoms with Gasteiger partial charge in [0.2, 0.25) is 11.8 Å². The van der Waals surface area contributed by atoms with Crippen molar-refractivity contribution in [2.75, 3.05) is 7.05 Å². The summed E-state index contributed by atoms with van der Waals surface area (Å²) < 4.78 is 7.95. The third-order valence-electron chi connectivity index (χ3n) is 3.78. The summed E-state index contributed by atoms with van der Waals surface area (Å²) in [4.78, 5) is 15.6. The van der Waals surface area contributed by atoms with Gasteiger partial charge in [0.1, 0.15) is 11.8 Å². The molecule has 2 rings (SSSR count). The molecule has 0 saturated heterocycles. The van der Waals surface area contributed by atoms with Gasteiger partial charge in [-0.3, -0.25) is 14.5 Å². The average Bonchev–Trinajstić information content (AvgIpc) is 3.13. The fourth-order valence-corrected chi connectivity index (χ4v) is 2.72. The quantitative estimate of drug-likeness (QED) is 0.514. The van der Waals surface area contributed by atoms with E-state index in [-0.39, 0.29) is 24.1 Å². The Labute approximate surface area is 131 Å². The molecule has 1 fully saturated rings. The molecule has 1 saturated carbocycles. The molecule has 22 heavy (non-hydrogen) atoms. The van der Waals surface area contributed by atoms with Crippen LogP contribution in [0.4, 0.5) is 0 Å². The van der Waals surface area contributed by atoms with Crippen LogP contribution in [0.25, 0.3) is 0 Å². The topological polar surface area (TPSA) is 68.5 Å². The summed E-state index contributed by atoms with van der Waals surface area (Å²) in [7, 11) is 1.72. The van der Waals surface area contributed by atoms with Gasteiger partial charge in [0.05, 0.1) is 0 Å². The maximum Gasteiger partial charge on any atom is 0.243 e. The maximum atomic E-state index is 11.4. The van der Waals surface area contributed by atoms with Crippen LogP contribution in [0.1, 0.15) is 44.8 Å². The highest BCUT2D eigenvalue weighted by molar-refractivity contribution is 5.92. The lowest BCUT2D eigenvalue weighted by Crippen LogP contribution is -2.32. The Morgan fingerprint density at radius 2 is 2.36 bits per heavy atom. The van der Waals surface area contributed by atoms with Gasteiger partial charge in [0.15, 0.2) is 0 Å². The monoisotopic (exact) mass is 304 g/mol. The Bertz CT molecular complexity index is 562. The van der Waals surface area contributed by atoms with E-state index in [1.165, 1.54) is 6.08 Å². The van der Waals surface area contributed by atoms with Gasteiger partial charge >= 0.3 is 0 Å². The van der Waals surface area contributed by atoms with E-state index in [1.54, 1.807) is 13.2 Å². The molecule has 6 heteroatoms. The number of amides is 1. The zero-order chi connectivity index (χ0) is 16.1. The van der Waals surface area contributed by atoms with E-state index >= 15 is 0 Å². The molecule has 120 valence electrons. The molecule has 0 aliphatic heterocycles. The normalized spacial score (nSPS) is 21.9. The van der Waals surface area contributed by atoms with Crippen molar-refractivity contribution in [2.24, 2.45) is 4.99 Å². The minimum absolute atomic E-state index is 0.0596. The van der Waals surface area contributed by atoms with E-state index in [9.17, 15) is 4.79 Å². The summed E-state index contributed by atoms with van der Waals surface area (Å²) in [6, 6.07) is 2.30. The Hall–Kier alpha value is -2.11. The van der Waals surface area contributed by atoms with Gasteiger partial charge in [-0.2, -0.15) is 5.10 Å². The summed E-state index contributed by atoms with van der Waals surface area (Å²) >= 11 is 0. The van der Waals surface area contributed by atoms with Gasteiger partial charge in [-0.15, -0.1) is 0 Å². The van der Waals surface area contributed by atoms with Gasteiger partial charge in [0, 0.05) is 31.7 Å². The smallest absolute Gasteiger partial charge is 0.243 e. The number of nitrogens with one attached hydrogen (secondary N) is 1. The predicted molar refractivity (Wildman–Crippen MR) is 85.9 cm³/mol.